The third-order valence-electron chi connectivity index (χ3n) is 11.9. The van der Waals surface area contributed by atoms with Crippen LogP contribution in [0, 0.1) is 6.92 Å². The second-order valence-corrected chi connectivity index (χ2v) is 16.9. The highest BCUT2D eigenvalue weighted by Crippen LogP contribution is 2.48. The summed E-state index contributed by atoms with van der Waals surface area (Å²) in [4.78, 5) is 32.1. The minimum atomic E-state index is -1.23. The number of hydrogen-bond acceptors (Lipinski definition) is 11. The molecule has 3 aliphatic rings. The number of halogens is 1. The summed E-state index contributed by atoms with van der Waals surface area (Å²) in [6.07, 6.45) is 11.6. The molecule has 4 heterocycles. The molecule has 0 spiro atoms. The maximum absolute atomic E-state index is 12.9. The van der Waals surface area contributed by atoms with Crippen LogP contribution < -0.4 is 14.2 Å². The fourth-order valence-electron chi connectivity index (χ4n) is 8.20. The minimum Gasteiger partial charge on any atom is -0.491 e. The fraction of sp³-hybridized carbons (Fsp3) is 0.477. The first-order valence-electron chi connectivity index (χ1n) is 20.4. The summed E-state index contributed by atoms with van der Waals surface area (Å²) < 4.78 is 24.5. The lowest BCUT2D eigenvalue weighted by molar-refractivity contribution is -0.145. The van der Waals surface area contributed by atoms with Gasteiger partial charge in [-0.05, 0) is 86.1 Å². The van der Waals surface area contributed by atoms with Gasteiger partial charge in [0.25, 0.3) is 0 Å². The molecule has 8 rings (SSSR count). The van der Waals surface area contributed by atoms with Crippen molar-refractivity contribution in [2.75, 3.05) is 46.4 Å². The quantitative estimate of drug-likeness (QED) is 0.109. The van der Waals surface area contributed by atoms with Crippen molar-refractivity contribution in [1.29, 1.82) is 0 Å². The molecule has 2 aliphatic carbocycles. The molecule has 1 atom stereocenters. The molecule has 3 fully saturated rings. The van der Waals surface area contributed by atoms with Crippen LogP contribution in [0.2, 0.25) is 5.02 Å². The maximum atomic E-state index is 12.9. The molecule has 2 aromatic carbocycles. The van der Waals surface area contributed by atoms with Gasteiger partial charge in [-0.3, -0.25) is 9.88 Å². The number of para-hydroxylation sites is 1. The number of nitrogens with zero attached hydrogens (tertiary/aromatic N) is 6. The van der Waals surface area contributed by atoms with Gasteiger partial charge >= 0.3 is 5.97 Å². The second-order valence-electron chi connectivity index (χ2n) is 15.7. The first-order chi connectivity index (χ1) is 27.8. The van der Waals surface area contributed by atoms with Crippen LogP contribution in [0.3, 0.4) is 0 Å². The zero-order valence-electron chi connectivity index (χ0n) is 32.8. The van der Waals surface area contributed by atoms with Crippen molar-refractivity contribution in [2.45, 2.75) is 89.3 Å². The molecule has 1 N–H and O–H groups in total. The number of carbonyl (C=O) groups is 1. The molecule has 0 bridgehead atoms. The molecule has 57 heavy (non-hydrogen) atoms. The summed E-state index contributed by atoms with van der Waals surface area (Å²) in [7, 11) is 2.15. The largest absolute Gasteiger partial charge is 0.491 e. The molecule has 300 valence electrons. The summed E-state index contributed by atoms with van der Waals surface area (Å²) >= 11 is 8.32. The topological polar surface area (TPSA) is 123 Å². The van der Waals surface area contributed by atoms with E-state index < -0.39 is 12.1 Å². The van der Waals surface area contributed by atoms with Gasteiger partial charge in [0.1, 0.15) is 30.5 Å². The number of hydrogen-bond donors (Lipinski definition) is 1. The molecule has 3 aromatic heterocycles. The molecular formula is C44H51ClN6O5S. The van der Waals surface area contributed by atoms with Gasteiger partial charge in [0.05, 0.1) is 26.5 Å². The predicted octanol–water partition coefficient (Wildman–Crippen LogP) is 8.71. The Labute approximate surface area is 343 Å². The normalized spacial score (nSPS) is 17.7. The summed E-state index contributed by atoms with van der Waals surface area (Å²) in [5.74, 6) is 1.97. The number of aliphatic carboxylic acids is 1. The van der Waals surface area contributed by atoms with E-state index in [1.54, 1.807) is 0 Å². The molecule has 1 aliphatic heterocycles. The van der Waals surface area contributed by atoms with Crippen molar-refractivity contribution in [2.24, 2.45) is 0 Å². The van der Waals surface area contributed by atoms with Gasteiger partial charge in [-0.25, -0.2) is 14.8 Å². The van der Waals surface area contributed by atoms with E-state index in [1.807, 2.05) is 61.8 Å². The minimum absolute atomic E-state index is 0.0720. The van der Waals surface area contributed by atoms with E-state index in [0.29, 0.717) is 34.6 Å². The van der Waals surface area contributed by atoms with Crippen molar-refractivity contribution in [3.05, 3.63) is 88.2 Å². The molecule has 1 unspecified atom stereocenters. The van der Waals surface area contributed by atoms with Gasteiger partial charge in [-0.2, -0.15) is 4.37 Å². The van der Waals surface area contributed by atoms with E-state index in [-0.39, 0.29) is 24.8 Å². The molecule has 11 nitrogen and oxygen atoms in total. The number of carboxylic acid groups (broad SMARTS) is 1. The van der Waals surface area contributed by atoms with Crippen LogP contribution in [0.5, 0.6) is 17.4 Å². The molecule has 5 aromatic rings. The molecule has 0 radical (unpaired) electrons. The Kier molecular flexibility index (Phi) is 12.5. The zero-order valence-corrected chi connectivity index (χ0v) is 34.4. The number of pyridine rings is 1. The lowest BCUT2D eigenvalue weighted by Gasteiger charge is -2.32. The average molecular weight is 811 g/mol. The smallest absolute Gasteiger partial charge is 0.345 e. The predicted molar refractivity (Wildman–Crippen MR) is 223 cm³/mol. The Morgan fingerprint density at radius 3 is 2.51 bits per heavy atom. The van der Waals surface area contributed by atoms with Gasteiger partial charge in [-0.1, -0.05) is 61.5 Å². The zero-order chi connectivity index (χ0) is 39.3. The highest BCUT2D eigenvalue weighted by molar-refractivity contribution is 7.13. The third-order valence-corrected chi connectivity index (χ3v) is 13.1. The van der Waals surface area contributed by atoms with Crippen molar-refractivity contribution in [3.8, 4) is 28.5 Å². The van der Waals surface area contributed by atoms with Gasteiger partial charge in [0, 0.05) is 68.9 Å². The Morgan fingerprint density at radius 1 is 0.947 bits per heavy atom. The maximum Gasteiger partial charge on any atom is 0.345 e. The number of ether oxygens (including phenoxy) is 3. The lowest BCUT2D eigenvalue weighted by Crippen LogP contribution is -2.45. The molecular weight excluding hydrogens is 760 g/mol. The van der Waals surface area contributed by atoms with Crippen molar-refractivity contribution in [1.82, 2.24) is 29.1 Å². The second kappa shape index (κ2) is 18.1. The number of fused-ring (bicyclic) bond motifs is 1. The van der Waals surface area contributed by atoms with Crippen molar-refractivity contribution >= 4 is 39.2 Å². The Hall–Kier alpha value is -4.36. The number of rotatable bonds is 15. The summed E-state index contributed by atoms with van der Waals surface area (Å²) in [5, 5.41) is 11.9. The fourth-order valence-corrected chi connectivity index (χ4v) is 9.11. The number of benzene rings is 2. The van der Waals surface area contributed by atoms with Gasteiger partial charge in [0.2, 0.25) is 12.0 Å². The standard InChI is InChI=1S/C44H51ClN6O5S/c1-28-33(15-16-35(40(28)45)54-24-23-51-21-19-50(2)20-22-51)38-39-37(26-47-41(38)29-12-8-13-29)57-49-43(39)56-36(44(52)53)25-31-11-6-7-14-34(31)55-27-32-17-18-46-42(48-32)30-9-4-3-5-10-30/h6-7,11,14-18,26,29-30,36H,3-5,8-10,12-13,19-25,27H2,1-2H3,(H,52,53). The lowest BCUT2D eigenvalue weighted by atomic mass is 9.79. The van der Waals surface area contributed by atoms with E-state index in [4.69, 9.17) is 40.2 Å². The summed E-state index contributed by atoms with van der Waals surface area (Å²) in [6, 6.07) is 13.4. The van der Waals surface area contributed by atoms with E-state index in [1.165, 1.54) is 30.8 Å². The number of carboxylic acids is 1. The van der Waals surface area contributed by atoms with Crippen LogP contribution in [-0.2, 0) is 17.8 Å². The first kappa shape index (κ1) is 39.5. The van der Waals surface area contributed by atoms with Crippen LogP contribution in [0.1, 0.15) is 91.5 Å². The average Bonchev–Trinajstić information content (AvgIpc) is 3.62. The molecule has 13 heteroatoms. The molecule has 0 amide bonds. The monoisotopic (exact) mass is 810 g/mol. The Balaban J connectivity index is 1.03. The van der Waals surface area contributed by atoms with Gasteiger partial charge in [0.15, 0.2) is 0 Å². The van der Waals surface area contributed by atoms with Crippen molar-refractivity contribution in [3.63, 3.8) is 0 Å². The highest BCUT2D eigenvalue weighted by atomic mass is 35.5. The van der Waals surface area contributed by atoms with Gasteiger partial charge < -0.3 is 24.2 Å². The van der Waals surface area contributed by atoms with Gasteiger partial charge in [-0.15, -0.1) is 0 Å². The number of likely N-dealkylation sites (N-methyl/N-ethyl adjacent to an activating group) is 1. The Morgan fingerprint density at radius 2 is 1.74 bits per heavy atom. The van der Waals surface area contributed by atoms with Crippen LogP contribution in [0.15, 0.2) is 54.9 Å². The highest BCUT2D eigenvalue weighted by Gasteiger charge is 2.31. The van der Waals surface area contributed by atoms with Crippen LogP contribution in [0.4, 0.5) is 0 Å². The Bertz CT molecular complexity index is 2180. The SMILES string of the molecule is Cc1c(-c2c(C3CCC3)ncc3snc(OC(Cc4ccccc4OCc4ccnc(C5CCCCC5)n4)C(=O)O)c23)ccc(OCCN2CCN(C)CC2)c1Cl. The number of piperazine rings is 1. The first-order valence-corrected chi connectivity index (χ1v) is 21.5. The molecule has 1 saturated heterocycles. The summed E-state index contributed by atoms with van der Waals surface area (Å²) in [6.45, 7) is 7.81. The van der Waals surface area contributed by atoms with Crippen molar-refractivity contribution < 1.29 is 24.1 Å². The van der Waals surface area contributed by atoms with E-state index >= 15 is 0 Å². The van der Waals surface area contributed by atoms with E-state index in [0.717, 1.165) is 109 Å². The van der Waals surface area contributed by atoms with Crippen LogP contribution in [-0.4, -0.2) is 92.7 Å². The van der Waals surface area contributed by atoms with E-state index in [2.05, 4.69) is 21.8 Å². The summed E-state index contributed by atoms with van der Waals surface area (Å²) in [5.41, 5.74) is 5.16. The number of aromatic nitrogens is 4. The van der Waals surface area contributed by atoms with Crippen LogP contribution in [0.25, 0.3) is 21.2 Å². The van der Waals surface area contributed by atoms with Crippen LogP contribution >= 0.6 is 23.1 Å². The van der Waals surface area contributed by atoms with E-state index in [9.17, 15) is 9.90 Å². The molecule has 2 saturated carbocycles. The third kappa shape index (κ3) is 9.04.